The fourth-order valence-corrected chi connectivity index (χ4v) is 0.816. The van der Waals surface area contributed by atoms with E-state index in [1.807, 2.05) is 0 Å². The van der Waals surface area contributed by atoms with E-state index >= 15 is 0 Å². The summed E-state index contributed by atoms with van der Waals surface area (Å²) >= 11 is 3.15. The van der Waals surface area contributed by atoms with E-state index in [0.29, 0.717) is 10.4 Å². The molecule has 1 aromatic heterocycles. The molecule has 0 atom stereocenters. The minimum atomic E-state index is 0.571. The van der Waals surface area contributed by atoms with E-state index in [9.17, 15) is 4.79 Å². The van der Waals surface area contributed by atoms with Gasteiger partial charge < -0.3 is 4.57 Å². The maximum Gasteiger partial charge on any atom is 0.177 e. The van der Waals surface area contributed by atoms with E-state index in [1.54, 1.807) is 11.6 Å². The standard InChI is InChI=1S/C5H5BrN2O/c1-8-4(3-9)2-7-5(8)6/h2-3H,1H3. The second kappa shape index (κ2) is 2.31. The molecule has 0 saturated heterocycles. The summed E-state index contributed by atoms with van der Waals surface area (Å²) < 4.78 is 2.33. The van der Waals surface area contributed by atoms with Crippen LogP contribution in [0.4, 0.5) is 0 Å². The highest BCUT2D eigenvalue weighted by atomic mass is 79.9. The molecule has 48 valence electrons. The topological polar surface area (TPSA) is 34.9 Å². The van der Waals surface area contributed by atoms with Crippen molar-refractivity contribution in [2.75, 3.05) is 0 Å². The fourth-order valence-electron chi connectivity index (χ4n) is 0.509. The van der Waals surface area contributed by atoms with E-state index in [-0.39, 0.29) is 0 Å². The predicted molar refractivity (Wildman–Crippen MR) is 36.3 cm³/mol. The molecule has 0 aliphatic rings. The molecule has 1 aromatic rings. The Labute approximate surface area is 60.8 Å². The van der Waals surface area contributed by atoms with Crippen molar-refractivity contribution in [3.8, 4) is 0 Å². The molecule has 0 spiro atoms. The molecule has 0 aromatic carbocycles. The Kier molecular flexibility index (Phi) is 1.66. The van der Waals surface area contributed by atoms with Gasteiger partial charge in [-0.25, -0.2) is 4.98 Å². The van der Waals surface area contributed by atoms with Gasteiger partial charge in [0.05, 0.1) is 6.20 Å². The predicted octanol–water partition coefficient (Wildman–Crippen LogP) is 0.995. The molecule has 0 fully saturated rings. The molecule has 4 heteroatoms. The zero-order valence-electron chi connectivity index (χ0n) is 4.84. The van der Waals surface area contributed by atoms with Gasteiger partial charge in [0.25, 0.3) is 0 Å². The quantitative estimate of drug-likeness (QED) is 0.617. The Morgan fingerprint density at radius 2 is 2.56 bits per heavy atom. The number of aromatic nitrogens is 2. The van der Waals surface area contributed by atoms with E-state index in [2.05, 4.69) is 20.9 Å². The lowest BCUT2D eigenvalue weighted by molar-refractivity contribution is 0.111. The second-order valence-corrected chi connectivity index (χ2v) is 2.34. The van der Waals surface area contributed by atoms with E-state index in [1.165, 1.54) is 6.20 Å². The van der Waals surface area contributed by atoms with Gasteiger partial charge in [-0.3, -0.25) is 4.79 Å². The minimum absolute atomic E-state index is 0.571. The maximum atomic E-state index is 10.2. The minimum Gasteiger partial charge on any atom is -0.320 e. The second-order valence-electron chi connectivity index (χ2n) is 1.63. The summed E-state index contributed by atoms with van der Waals surface area (Å²) in [6.45, 7) is 0. The number of hydrogen-bond donors (Lipinski definition) is 0. The van der Waals surface area contributed by atoms with Gasteiger partial charge in [0.1, 0.15) is 5.69 Å². The van der Waals surface area contributed by atoms with E-state index in [0.717, 1.165) is 6.29 Å². The Balaban J connectivity index is 3.18. The molecule has 1 rings (SSSR count). The molecule has 0 unspecified atom stereocenters. The van der Waals surface area contributed by atoms with Gasteiger partial charge in [-0.2, -0.15) is 0 Å². The number of carbonyl (C=O) groups excluding carboxylic acids is 1. The van der Waals surface area contributed by atoms with Crippen LogP contribution < -0.4 is 0 Å². The summed E-state index contributed by atoms with van der Waals surface area (Å²) in [4.78, 5) is 14.0. The third-order valence-electron chi connectivity index (χ3n) is 1.09. The first-order chi connectivity index (χ1) is 4.25. The number of imidazole rings is 1. The number of carbonyl (C=O) groups is 1. The first kappa shape index (κ1) is 6.48. The van der Waals surface area contributed by atoms with Crippen molar-refractivity contribution in [3.05, 3.63) is 16.6 Å². The molecule has 0 saturated carbocycles. The number of nitrogens with zero attached hydrogens (tertiary/aromatic N) is 2. The van der Waals surface area contributed by atoms with Crippen LogP contribution in [0.3, 0.4) is 0 Å². The SMILES string of the molecule is Cn1c(C=O)cnc1Br. The van der Waals surface area contributed by atoms with Gasteiger partial charge in [-0.15, -0.1) is 0 Å². The smallest absolute Gasteiger partial charge is 0.177 e. The molecule has 0 aliphatic heterocycles. The van der Waals surface area contributed by atoms with Gasteiger partial charge in [-0.05, 0) is 15.9 Å². The van der Waals surface area contributed by atoms with Crippen molar-refractivity contribution >= 4 is 22.2 Å². The molecule has 0 aliphatic carbocycles. The molecule has 0 bridgehead atoms. The van der Waals surface area contributed by atoms with Crippen LogP contribution in [-0.4, -0.2) is 15.8 Å². The first-order valence-electron chi connectivity index (χ1n) is 2.38. The lowest BCUT2D eigenvalue weighted by Gasteiger charge is -1.91. The van der Waals surface area contributed by atoms with Crippen LogP contribution in [-0.2, 0) is 7.05 Å². The highest BCUT2D eigenvalue weighted by Crippen LogP contribution is 2.06. The van der Waals surface area contributed by atoms with Gasteiger partial charge in [-0.1, -0.05) is 0 Å². The molecule has 0 amide bonds. The molecular formula is C5H5BrN2O. The maximum absolute atomic E-state index is 10.2. The summed E-state index contributed by atoms with van der Waals surface area (Å²) in [6, 6.07) is 0. The number of aldehydes is 1. The third-order valence-corrected chi connectivity index (χ3v) is 1.82. The van der Waals surface area contributed by atoms with Crippen LogP contribution in [0.2, 0.25) is 0 Å². The van der Waals surface area contributed by atoms with Gasteiger partial charge in [0.15, 0.2) is 11.0 Å². The van der Waals surface area contributed by atoms with Crippen molar-refractivity contribution in [1.29, 1.82) is 0 Å². The number of hydrogen-bond acceptors (Lipinski definition) is 2. The van der Waals surface area contributed by atoms with Crippen LogP contribution >= 0.6 is 15.9 Å². The van der Waals surface area contributed by atoms with Crippen LogP contribution in [0.5, 0.6) is 0 Å². The van der Waals surface area contributed by atoms with Gasteiger partial charge in [0.2, 0.25) is 0 Å². The van der Waals surface area contributed by atoms with Gasteiger partial charge >= 0.3 is 0 Å². The van der Waals surface area contributed by atoms with Crippen LogP contribution in [0.1, 0.15) is 10.5 Å². The van der Waals surface area contributed by atoms with Crippen LogP contribution in [0, 0.1) is 0 Å². The molecule has 9 heavy (non-hydrogen) atoms. The highest BCUT2D eigenvalue weighted by Gasteiger charge is 1.99. The highest BCUT2D eigenvalue weighted by molar-refractivity contribution is 9.10. The number of rotatable bonds is 1. The summed E-state index contributed by atoms with van der Waals surface area (Å²) in [6.07, 6.45) is 2.27. The summed E-state index contributed by atoms with van der Waals surface area (Å²) in [5.74, 6) is 0. The first-order valence-corrected chi connectivity index (χ1v) is 3.17. The summed E-state index contributed by atoms with van der Waals surface area (Å²) in [5.41, 5.74) is 0.571. The Hall–Kier alpha value is -0.640. The van der Waals surface area contributed by atoms with E-state index < -0.39 is 0 Å². The molecule has 1 heterocycles. The van der Waals surface area contributed by atoms with Crippen molar-refractivity contribution in [2.45, 2.75) is 0 Å². The van der Waals surface area contributed by atoms with Crippen molar-refractivity contribution in [1.82, 2.24) is 9.55 Å². The molecule has 3 nitrogen and oxygen atoms in total. The Morgan fingerprint density at radius 3 is 2.78 bits per heavy atom. The average molecular weight is 189 g/mol. The van der Waals surface area contributed by atoms with Gasteiger partial charge in [0, 0.05) is 7.05 Å². The Morgan fingerprint density at radius 1 is 1.89 bits per heavy atom. The summed E-state index contributed by atoms with van der Waals surface area (Å²) in [5, 5.41) is 0. The fraction of sp³-hybridized carbons (Fsp3) is 0.200. The molecule has 0 radical (unpaired) electrons. The monoisotopic (exact) mass is 188 g/mol. The largest absolute Gasteiger partial charge is 0.320 e. The zero-order valence-corrected chi connectivity index (χ0v) is 6.42. The van der Waals surface area contributed by atoms with Crippen molar-refractivity contribution in [2.24, 2.45) is 7.05 Å². The molecule has 0 N–H and O–H groups in total. The van der Waals surface area contributed by atoms with Crippen LogP contribution in [0.25, 0.3) is 0 Å². The van der Waals surface area contributed by atoms with Crippen molar-refractivity contribution < 1.29 is 4.79 Å². The van der Waals surface area contributed by atoms with Crippen molar-refractivity contribution in [3.63, 3.8) is 0 Å². The summed E-state index contributed by atoms with van der Waals surface area (Å²) in [7, 11) is 1.76. The molecular weight excluding hydrogens is 184 g/mol. The van der Waals surface area contributed by atoms with E-state index in [4.69, 9.17) is 0 Å². The average Bonchev–Trinajstić information content (AvgIpc) is 2.15. The normalized spacial score (nSPS) is 9.56. The number of halogens is 1. The lowest BCUT2D eigenvalue weighted by Crippen LogP contribution is -1.93. The lowest BCUT2D eigenvalue weighted by atomic mass is 10.5. The van der Waals surface area contributed by atoms with Crippen LogP contribution in [0.15, 0.2) is 10.9 Å². The third kappa shape index (κ3) is 1.03. The Bertz CT molecular complexity index is 231. The zero-order chi connectivity index (χ0) is 6.85.